The van der Waals surface area contributed by atoms with E-state index < -0.39 is 5.41 Å². The minimum absolute atomic E-state index is 0.0148. The van der Waals surface area contributed by atoms with E-state index in [2.05, 4.69) is 0 Å². The maximum Gasteiger partial charge on any atom is 0.314 e. The third-order valence-corrected chi connectivity index (χ3v) is 4.43. The summed E-state index contributed by atoms with van der Waals surface area (Å²) in [6, 6.07) is 9.14. The molecule has 3 unspecified atom stereocenters. The van der Waals surface area contributed by atoms with Crippen LogP contribution in [0.2, 0.25) is 0 Å². The van der Waals surface area contributed by atoms with E-state index in [1.165, 1.54) is 0 Å². The zero-order valence-electron chi connectivity index (χ0n) is 15.1. The van der Waals surface area contributed by atoms with Crippen molar-refractivity contribution in [3.63, 3.8) is 0 Å². The molecule has 1 aliphatic rings. The van der Waals surface area contributed by atoms with Gasteiger partial charge in [-0.05, 0) is 64.5 Å². The van der Waals surface area contributed by atoms with E-state index in [1.807, 2.05) is 45.9 Å². The second-order valence-electron chi connectivity index (χ2n) is 7.83. The highest BCUT2D eigenvalue weighted by Gasteiger charge is 2.33. The molecule has 2 rings (SSSR count). The Morgan fingerprint density at radius 1 is 1.17 bits per heavy atom. The standard InChI is InChI=1S/C20H28O4/c1-14(18(21)23-16-8-6-5-7-9-16)12-15-10-11-17(13-15)24-19(22)20(2,3)4/h5-9,14-15,17H,10-13H2,1-4H3. The van der Waals surface area contributed by atoms with Gasteiger partial charge in [0.05, 0.1) is 11.3 Å². The Bertz CT molecular complexity index is 559. The maximum atomic E-state index is 12.2. The van der Waals surface area contributed by atoms with Crippen molar-refractivity contribution in [2.24, 2.45) is 17.3 Å². The summed E-state index contributed by atoms with van der Waals surface area (Å²) in [5.41, 5.74) is -0.467. The van der Waals surface area contributed by atoms with E-state index in [0.29, 0.717) is 11.7 Å². The van der Waals surface area contributed by atoms with Gasteiger partial charge in [0.15, 0.2) is 0 Å². The van der Waals surface area contributed by atoms with Crippen LogP contribution in [-0.4, -0.2) is 18.0 Å². The third-order valence-electron chi connectivity index (χ3n) is 4.43. The lowest BCUT2D eigenvalue weighted by atomic mass is 9.94. The van der Waals surface area contributed by atoms with Crippen LogP contribution in [0.25, 0.3) is 0 Å². The van der Waals surface area contributed by atoms with Crippen molar-refractivity contribution >= 4 is 11.9 Å². The molecule has 0 aliphatic heterocycles. The van der Waals surface area contributed by atoms with Crippen molar-refractivity contribution in [1.29, 1.82) is 0 Å². The second-order valence-corrected chi connectivity index (χ2v) is 7.83. The number of ether oxygens (including phenoxy) is 2. The average Bonchev–Trinajstić information content (AvgIpc) is 2.94. The molecule has 0 bridgehead atoms. The number of hydrogen-bond acceptors (Lipinski definition) is 4. The summed E-state index contributed by atoms with van der Waals surface area (Å²) in [5, 5.41) is 0. The van der Waals surface area contributed by atoms with Gasteiger partial charge < -0.3 is 9.47 Å². The highest BCUT2D eigenvalue weighted by molar-refractivity contribution is 5.75. The molecule has 0 aromatic heterocycles. The topological polar surface area (TPSA) is 52.6 Å². The molecule has 0 heterocycles. The van der Waals surface area contributed by atoms with Gasteiger partial charge >= 0.3 is 11.9 Å². The smallest absolute Gasteiger partial charge is 0.314 e. The van der Waals surface area contributed by atoms with Crippen LogP contribution in [0.5, 0.6) is 5.75 Å². The Morgan fingerprint density at radius 3 is 2.46 bits per heavy atom. The Kier molecular flexibility index (Phi) is 6.03. The van der Waals surface area contributed by atoms with E-state index in [-0.39, 0.29) is 24.0 Å². The van der Waals surface area contributed by atoms with Gasteiger partial charge in [-0.1, -0.05) is 25.1 Å². The molecule has 1 fully saturated rings. The van der Waals surface area contributed by atoms with Gasteiger partial charge in [0, 0.05) is 0 Å². The molecule has 4 nitrogen and oxygen atoms in total. The summed E-state index contributed by atoms with van der Waals surface area (Å²) in [6.45, 7) is 7.50. The zero-order valence-corrected chi connectivity index (χ0v) is 15.1. The van der Waals surface area contributed by atoms with E-state index in [9.17, 15) is 9.59 Å². The van der Waals surface area contributed by atoms with Crippen LogP contribution in [0.15, 0.2) is 30.3 Å². The molecule has 1 saturated carbocycles. The van der Waals surface area contributed by atoms with Crippen LogP contribution in [0.1, 0.15) is 53.4 Å². The van der Waals surface area contributed by atoms with Crippen LogP contribution < -0.4 is 4.74 Å². The van der Waals surface area contributed by atoms with Gasteiger partial charge in [-0.3, -0.25) is 9.59 Å². The summed E-state index contributed by atoms with van der Waals surface area (Å²) in [6.07, 6.45) is 3.47. The molecule has 132 valence electrons. The van der Waals surface area contributed by atoms with Crippen molar-refractivity contribution in [2.45, 2.75) is 59.5 Å². The van der Waals surface area contributed by atoms with E-state index in [4.69, 9.17) is 9.47 Å². The van der Waals surface area contributed by atoms with Gasteiger partial charge in [0.1, 0.15) is 11.9 Å². The van der Waals surface area contributed by atoms with Gasteiger partial charge in [0.25, 0.3) is 0 Å². The van der Waals surface area contributed by atoms with Crippen LogP contribution >= 0.6 is 0 Å². The van der Waals surface area contributed by atoms with Gasteiger partial charge in [-0.2, -0.15) is 0 Å². The largest absolute Gasteiger partial charge is 0.462 e. The number of carbonyl (C=O) groups is 2. The molecule has 0 amide bonds. The molecule has 0 N–H and O–H groups in total. The Balaban J connectivity index is 1.78. The quantitative estimate of drug-likeness (QED) is 0.593. The number of esters is 2. The number of hydrogen-bond donors (Lipinski definition) is 0. The summed E-state index contributed by atoms with van der Waals surface area (Å²) in [5.74, 6) is 0.479. The number of rotatable bonds is 5. The molecule has 3 atom stereocenters. The molecule has 1 aromatic rings. The molecular weight excluding hydrogens is 304 g/mol. The molecule has 24 heavy (non-hydrogen) atoms. The van der Waals surface area contributed by atoms with E-state index in [0.717, 1.165) is 25.7 Å². The first kappa shape index (κ1) is 18.5. The normalized spacial score (nSPS) is 22.0. The first-order valence-electron chi connectivity index (χ1n) is 8.73. The average molecular weight is 332 g/mol. The molecule has 4 heteroatoms. The zero-order chi connectivity index (χ0) is 17.7. The fourth-order valence-corrected chi connectivity index (χ4v) is 2.98. The fourth-order valence-electron chi connectivity index (χ4n) is 2.98. The molecule has 1 aliphatic carbocycles. The van der Waals surface area contributed by atoms with Gasteiger partial charge in [-0.15, -0.1) is 0 Å². The predicted octanol–water partition coefficient (Wildman–Crippen LogP) is 4.38. The fraction of sp³-hybridized carbons (Fsp3) is 0.600. The first-order chi connectivity index (χ1) is 11.3. The van der Waals surface area contributed by atoms with Crippen LogP contribution in [0.4, 0.5) is 0 Å². The minimum atomic E-state index is -0.467. The first-order valence-corrected chi connectivity index (χ1v) is 8.73. The Labute approximate surface area is 144 Å². The van der Waals surface area contributed by atoms with Crippen LogP contribution in [0.3, 0.4) is 0 Å². The van der Waals surface area contributed by atoms with Crippen molar-refractivity contribution in [3.8, 4) is 5.75 Å². The molecule has 1 aromatic carbocycles. The third kappa shape index (κ3) is 5.36. The number of carbonyl (C=O) groups excluding carboxylic acids is 2. The molecule has 0 radical (unpaired) electrons. The van der Waals surface area contributed by atoms with Crippen molar-refractivity contribution in [3.05, 3.63) is 30.3 Å². The van der Waals surface area contributed by atoms with Gasteiger partial charge in [-0.25, -0.2) is 0 Å². The number of benzene rings is 1. The van der Waals surface area contributed by atoms with Crippen molar-refractivity contribution < 1.29 is 19.1 Å². The summed E-state index contributed by atoms with van der Waals surface area (Å²) in [4.78, 5) is 24.1. The lowest BCUT2D eigenvalue weighted by molar-refractivity contribution is -0.158. The van der Waals surface area contributed by atoms with E-state index >= 15 is 0 Å². The predicted molar refractivity (Wildman–Crippen MR) is 92.5 cm³/mol. The van der Waals surface area contributed by atoms with Crippen LogP contribution in [0, 0.1) is 17.3 Å². The summed E-state index contributed by atoms with van der Waals surface area (Å²) in [7, 11) is 0. The SMILES string of the molecule is CC(CC1CCC(OC(=O)C(C)(C)C)C1)C(=O)Oc1ccccc1. The van der Waals surface area contributed by atoms with E-state index in [1.54, 1.807) is 12.1 Å². The minimum Gasteiger partial charge on any atom is -0.462 e. The van der Waals surface area contributed by atoms with Gasteiger partial charge in [0.2, 0.25) is 0 Å². The lowest BCUT2D eigenvalue weighted by Gasteiger charge is -2.21. The molecule has 0 spiro atoms. The Morgan fingerprint density at radius 2 is 1.83 bits per heavy atom. The molecular formula is C20H28O4. The Hall–Kier alpha value is -1.84. The number of para-hydroxylation sites is 1. The highest BCUT2D eigenvalue weighted by Crippen LogP contribution is 2.34. The van der Waals surface area contributed by atoms with Crippen molar-refractivity contribution in [1.82, 2.24) is 0 Å². The van der Waals surface area contributed by atoms with Crippen molar-refractivity contribution in [2.75, 3.05) is 0 Å². The maximum absolute atomic E-state index is 12.2. The lowest BCUT2D eigenvalue weighted by Crippen LogP contribution is -2.27. The summed E-state index contributed by atoms with van der Waals surface area (Å²) >= 11 is 0. The highest BCUT2D eigenvalue weighted by atomic mass is 16.5. The molecule has 0 saturated heterocycles. The second kappa shape index (κ2) is 7.82. The van der Waals surface area contributed by atoms with Crippen LogP contribution in [-0.2, 0) is 14.3 Å². The monoisotopic (exact) mass is 332 g/mol. The summed E-state index contributed by atoms with van der Waals surface area (Å²) < 4.78 is 11.0.